The highest BCUT2D eigenvalue weighted by Crippen LogP contribution is 2.31. The Bertz CT molecular complexity index is 1350. The molecule has 0 radical (unpaired) electrons. The maximum absolute atomic E-state index is 12.9. The summed E-state index contributed by atoms with van der Waals surface area (Å²) in [6, 6.07) is 10.6. The number of hydrogen-bond acceptors (Lipinski definition) is 7. The number of piperidine rings is 1. The molecule has 1 amide bonds. The highest BCUT2D eigenvalue weighted by Gasteiger charge is 2.27. The van der Waals surface area contributed by atoms with Crippen LogP contribution in [0.2, 0.25) is 0 Å². The first kappa shape index (κ1) is 24.3. The summed E-state index contributed by atoms with van der Waals surface area (Å²) in [5.41, 5.74) is 2.55. The lowest BCUT2D eigenvalue weighted by Crippen LogP contribution is -2.42. The number of likely N-dealkylation sites (tertiary alicyclic amines) is 1. The van der Waals surface area contributed by atoms with Gasteiger partial charge >= 0.3 is 0 Å². The molecule has 10 nitrogen and oxygen atoms in total. The third kappa shape index (κ3) is 5.46. The van der Waals surface area contributed by atoms with E-state index in [0.717, 1.165) is 17.2 Å². The first-order chi connectivity index (χ1) is 16.6. The van der Waals surface area contributed by atoms with Crippen molar-refractivity contribution in [2.24, 2.45) is 0 Å². The van der Waals surface area contributed by atoms with Gasteiger partial charge in [-0.15, -0.1) is 0 Å². The van der Waals surface area contributed by atoms with E-state index >= 15 is 0 Å². The standard InChI is InChI=1S/C24H26N4O6S/c1-16-3-5-21(17(2)13-16)26-35(32,33)20-4-6-22(23(14-20)28(30)31)25-19-7-10-27(11-8-19)24(29)18-9-12-34-15-18/h3-6,9,12-15,19,25-26H,7-8,10-11H2,1-2H3. The Balaban J connectivity index is 1.47. The van der Waals surface area contributed by atoms with Crippen LogP contribution in [0.5, 0.6) is 0 Å². The first-order valence-corrected chi connectivity index (χ1v) is 12.6. The molecule has 0 unspecified atom stereocenters. The van der Waals surface area contributed by atoms with Crippen molar-refractivity contribution in [3.05, 3.63) is 81.8 Å². The van der Waals surface area contributed by atoms with Crippen molar-refractivity contribution in [2.45, 2.75) is 37.6 Å². The quantitative estimate of drug-likeness (QED) is 0.366. The van der Waals surface area contributed by atoms with Gasteiger partial charge in [0.15, 0.2) is 0 Å². The Labute approximate surface area is 203 Å². The highest BCUT2D eigenvalue weighted by molar-refractivity contribution is 7.92. The van der Waals surface area contributed by atoms with Crippen LogP contribution < -0.4 is 10.0 Å². The van der Waals surface area contributed by atoms with E-state index in [1.807, 2.05) is 13.0 Å². The van der Waals surface area contributed by atoms with Crippen molar-refractivity contribution in [1.82, 2.24) is 4.90 Å². The number of amides is 1. The Morgan fingerprint density at radius 1 is 1.09 bits per heavy atom. The smallest absolute Gasteiger partial charge is 0.293 e. The van der Waals surface area contributed by atoms with Gasteiger partial charge in [-0.25, -0.2) is 8.42 Å². The summed E-state index contributed by atoms with van der Waals surface area (Å²) in [6.45, 7) is 4.67. The van der Waals surface area contributed by atoms with Crippen LogP contribution in [-0.4, -0.2) is 43.3 Å². The number of nitrogens with one attached hydrogen (secondary N) is 2. The second-order valence-electron chi connectivity index (χ2n) is 8.58. The fourth-order valence-electron chi connectivity index (χ4n) is 4.10. The van der Waals surface area contributed by atoms with Crippen LogP contribution in [0.4, 0.5) is 17.1 Å². The van der Waals surface area contributed by atoms with Gasteiger partial charge in [-0.05, 0) is 56.5 Å². The van der Waals surface area contributed by atoms with Crippen LogP contribution in [0.1, 0.15) is 34.3 Å². The minimum atomic E-state index is -4.03. The third-order valence-electron chi connectivity index (χ3n) is 6.01. The molecule has 11 heteroatoms. The molecule has 1 aliphatic heterocycles. The number of sulfonamides is 1. The third-order valence-corrected chi connectivity index (χ3v) is 7.38. The van der Waals surface area contributed by atoms with Gasteiger partial charge in [-0.1, -0.05) is 17.7 Å². The Morgan fingerprint density at radius 2 is 1.80 bits per heavy atom. The molecule has 0 bridgehead atoms. The van der Waals surface area contributed by atoms with Crippen LogP contribution >= 0.6 is 0 Å². The van der Waals surface area contributed by atoms with Crippen molar-refractivity contribution in [3.8, 4) is 0 Å². The summed E-state index contributed by atoms with van der Waals surface area (Å²) in [7, 11) is -4.03. The minimum absolute atomic E-state index is 0.0992. The summed E-state index contributed by atoms with van der Waals surface area (Å²) >= 11 is 0. The van der Waals surface area contributed by atoms with Gasteiger partial charge < -0.3 is 14.6 Å². The number of benzene rings is 2. The monoisotopic (exact) mass is 498 g/mol. The average Bonchev–Trinajstić information content (AvgIpc) is 3.36. The molecular formula is C24H26N4O6S. The second-order valence-corrected chi connectivity index (χ2v) is 10.3. The molecule has 2 heterocycles. The van der Waals surface area contributed by atoms with E-state index in [1.54, 1.807) is 30.0 Å². The maximum Gasteiger partial charge on any atom is 0.293 e. The Morgan fingerprint density at radius 3 is 2.43 bits per heavy atom. The number of carbonyl (C=O) groups is 1. The van der Waals surface area contributed by atoms with Gasteiger partial charge in [-0.3, -0.25) is 19.6 Å². The van der Waals surface area contributed by atoms with E-state index in [1.165, 1.54) is 24.7 Å². The number of nitro benzene ring substituents is 1. The number of aryl methyl sites for hydroxylation is 2. The van der Waals surface area contributed by atoms with Gasteiger partial charge in [0.05, 0.1) is 27.3 Å². The molecule has 1 aromatic heterocycles. The summed E-state index contributed by atoms with van der Waals surface area (Å²) in [4.78, 5) is 25.1. The SMILES string of the molecule is Cc1ccc(NS(=O)(=O)c2ccc(NC3CCN(C(=O)c4ccoc4)CC3)c([N+](=O)[O-])c2)c(C)c1. The maximum atomic E-state index is 12.9. The molecule has 35 heavy (non-hydrogen) atoms. The topological polar surface area (TPSA) is 135 Å². The van der Waals surface area contributed by atoms with E-state index in [4.69, 9.17) is 4.42 Å². The minimum Gasteiger partial charge on any atom is -0.472 e. The van der Waals surface area contributed by atoms with Crippen molar-refractivity contribution in [1.29, 1.82) is 0 Å². The summed E-state index contributed by atoms with van der Waals surface area (Å²) in [6.07, 6.45) is 4.03. The summed E-state index contributed by atoms with van der Waals surface area (Å²) in [5.74, 6) is -0.117. The van der Waals surface area contributed by atoms with E-state index in [2.05, 4.69) is 10.0 Å². The van der Waals surface area contributed by atoms with Gasteiger partial charge in [0.25, 0.3) is 21.6 Å². The normalized spacial score (nSPS) is 14.5. The fraction of sp³-hybridized carbons (Fsp3) is 0.292. The van der Waals surface area contributed by atoms with Crippen molar-refractivity contribution in [2.75, 3.05) is 23.1 Å². The van der Waals surface area contributed by atoms with E-state index < -0.39 is 14.9 Å². The highest BCUT2D eigenvalue weighted by atomic mass is 32.2. The predicted molar refractivity (Wildman–Crippen MR) is 131 cm³/mol. The number of anilines is 2. The number of hydrogen-bond donors (Lipinski definition) is 2. The zero-order chi connectivity index (χ0) is 25.2. The molecule has 2 N–H and O–H groups in total. The van der Waals surface area contributed by atoms with E-state index in [9.17, 15) is 23.3 Å². The van der Waals surface area contributed by atoms with Crippen LogP contribution in [0.15, 0.2) is 64.3 Å². The van der Waals surface area contributed by atoms with E-state index in [-0.39, 0.29) is 28.2 Å². The number of nitrogens with zero attached hydrogens (tertiary/aromatic N) is 2. The Hall–Kier alpha value is -3.86. The predicted octanol–water partition coefficient (Wildman–Crippen LogP) is 4.32. The van der Waals surface area contributed by atoms with Gasteiger partial charge in [0, 0.05) is 25.2 Å². The van der Waals surface area contributed by atoms with Crippen LogP contribution in [0, 0.1) is 24.0 Å². The van der Waals surface area contributed by atoms with Crippen molar-refractivity contribution in [3.63, 3.8) is 0 Å². The Kier molecular flexibility index (Phi) is 6.79. The molecule has 184 valence electrons. The second kappa shape index (κ2) is 9.79. The lowest BCUT2D eigenvalue weighted by molar-refractivity contribution is -0.384. The lowest BCUT2D eigenvalue weighted by atomic mass is 10.0. The molecular weight excluding hydrogens is 472 g/mol. The number of carbonyl (C=O) groups excluding carboxylic acids is 1. The molecule has 1 fully saturated rings. The number of furan rings is 1. The molecule has 1 aliphatic rings. The molecule has 3 aromatic rings. The molecule has 4 rings (SSSR count). The largest absolute Gasteiger partial charge is 0.472 e. The molecule has 2 aromatic carbocycles. The zero-order valence-corrected chi connectivity index (χ0v) is 20.2. The zero-order valence-electron chi connectivity index (χ0n) is 19.4. The molecule has 1 saturated heterocycles. The van der Waals surface area contributed by atoms with Crippen LogP contribution in [-0.2, 0) is 10.0 Å². The lowest BCUT2D eigenvalue weighted by Gasteiger charge is -2.32. The number of nitro groups is 1. The average molecular weight is 499 g/mol. The van der Waals surface area contributed by atoms with Crippen molar-refractivity contribution >= 4 is 33.0 Å². The molecule has 0 saturated carbocycles. The summed E-state index contributed by atoms with van der Waals surface area (Å²) in [5, 5.41) is 14.9. The molecule has 0 atom stereocenters. The van der Waals surface area contributed by atoms with Gasteiger partial charge in [0.2, 0.25) is 0 Å². The van der Waals surface area contributed by atoms with Crippen LogP contribution in [0.25, 0.3) is 0 Å². The first-order valence-electron chi connectivity index (χ1n) is 11.1. The van der Waals surface area contributed by atoms with Gasteiger partial charge in [-0.2, -0.15) is 0 Å². The summed E-state index contributed by atoms with van der Waals surface area (Å²) < 4.78 is 33.3. The molecule has 0 spiro atoms. The van der Waals surface area contributed by atoms with Crippen LogP contribution in [0.3, 0.4) is 0 Å². The van der Waals surface area contributed by atoms with Crippen molar-refractivity contribution < 1.29 is 22.6 Å². The fourth-order valence-corrected chi connectivity index (χ4v) is 5.25. The number of rotatable bonds is 7. The van der Waals surface area contributed by atoms with E-state index in [0.29, 0.717) is 37.2 Å². The van der Waals surface area contributed by atoms with Gasteiger partial charge in [0.1, 0.15) is 12.0 Å². The molecule has 0 aliphatic carbocycles.